The van der Waals surface area contributed by atoms with Crippen molar-refractivity contribution in [3.63, 3.8) is 0 Å². The third kappa shape index (κ3) is 2.36. The standard InChI is InChI=1S/C18H17ClN4O/c19-14-7-3-6-13-15(14)22-23-16(13)21-17(24)18(8-1-2-9-18)12-5-4-10-20-11-12/h3-7,10-11H,1-2,8-9H2,(H2,21,22,23,24). The van der Waals surface area contributed by atoms with Crippen molar-refractivity contribution in [3.8, 4) is 0 Å². The summed E-state index contributed by atoms with van der Waals surface area (Å²) in [4.78, 5) is 17.3. The first-order valence-corrected chi connectivity index (χ1v) is 8.43. The Morgan fingerprint density at radius 1 is 1.21 bits per heavy atom. The molecule has 1 aromatic carbocycles. The first-order chi connectivity index (χ1) is 11.7. The van der Waals surface area contributed by atoms with Gasteiger partial charge in [0.05, 0.1) is 16.0 Å². The maximum atomic E-state index is 13.1. The summed E-state index contributed by atoms with van der Waals surface area (Å²) in [6.45, 7) is 0. The van der Waals surface area contributed by atoms with Crippen LogP contribution in [0.5, 0.6) is 0 Å². The van der Waals surface area contributed by atoms with E-state index in [1.807, 2.05) is 24.3 Å². The van der Waals surface area contributed by atoms with Gasteiger partial charge >= 0.3 is 0 Å². The van der Waals surface area contributed by atoms with Crippen LogP contribution in [0, 0.1) is 0 Å². The van der Waals surface area contributed by atoms with E-state index in [1.54, 1.807) is 18.5 Å². The summed E-state index contributed by atoms with van der Waals surface area (Å²) in [5.41, 5.74) is 1.17. The zero-order valence-electron chi connectivity index (χ0n) is 13.1. The summed E-state index contributed by atoms with van der Waals surface area (Å²) in [7, 11) is 0. The van der Waals surface area contributed by atoms with Crippen molar-refractivity contribution in [3.05, 3.63) is 53.3 Å². The number of para-hydroxylation sites is 1. The number of carbonyl (C=O) groups excluding carboxylic acids is 1. The molecule has 2 heterocycles. The van der Waals surface area contributed by atoms with Crippen LogP contribution in [0.15, 0.2) is 42.7 Å². The van der Waals surface area contributed by atoms with E-state index < -0.39 is 5.41 Å². The molecule has 3 aromatic rings. The summed E-state index contributed by atoms with van der Waals surface area (Å²) in [6, 6.07) is 9.40. The first-order valence-electron chi connectivity index (χ1n) is 8.05. The molecule has 2 N–H and O–H groups in total. The van der Waals surface area contributed by atoms with Gasteiger partial charge in [0.2, 0.25) is 5.91 Å². The molecule has 0 unspecified atom stereocenters. The Morgan fingerprint density at radius 2 is 2.04 bits per heavy atom. The highest BCUT2D eigenvalue weighted by atomic mass is 35.5. The fraction of sp³-hybridized carbons (Fsp3) is 0.278. The van der Waals surface area contributed by atoms with Gasteiger partial charge < -0.3 is 5.32 Å². The highest BCUT2D eigenvalue weighted by molar-refractivity contribution is 6.35. The zero-order valence-corrected chi connectivity index (χ0v) is 13.8. The fourth-order valence-electron chi connectivity index (χ4n) is 3.60. The van der Waals surface area contributed by atoms with Crippen LogP contribution in [0.2, 0.25) is 5.02 Å². The van der Waals surface area contributed by atoms with E-state index in [0.29, 0.717) is 10.8 Å². The number of aromatic amines is 1. The second-order valence-electron chi connectivity index (χ2n) is 6.22. The predicted octanol–water partition coefficient (Wildman–Crippen LogP) is 4.06. The number of hydrogen-bond acceptors (Lipinski definition) is 3. The van der Waals surface area contributed by atoms with Crippen molar-refractivity contribution in [1.82, 2.24) is 15.2 Å². The molecule has 4 rings (SSSR count). The summed E-state index contributed by atoms with van der Waals surface area (Å²) >= 11 is 6.17. The van der Waals surface area contributed by atoms with Crippen molar-refractivity contribution >= 4 is 34.2 Å². The fourth-order valence-corrected chi connectivity index (χ4v) is 3.82. The van der Waals surface area contributed by atoms with Gasteiger partial charge in [0, 0.05) is 17.8 Å². The Morgan fingerprint density at radius 3 is 2.79 bits per heavy atom. The summed E-state index contributed by atoms with van der Waals surface area (Å²) in [6.07, 6.45) is 7.25. The Labute approximate surface area is 144 Å². The van der Waals surface area contributed by atoms with Gasteiger partial charge in [0.25, 0.3) is 0 Å². The van der Waals surface area contributed by atoms with E-state index in [9.17, 15) is 4.79 Å². The highest BCUT2D eigenvalue weighted by Crippen LogP contribution is 2.42. The van der Waals surface area contributed by atoms with Gasteiger partial charge in [0.15, 0.2) is 5.82 Å². The van der Waals surface area contributed by atoms with Crippen LogP contribution in [0.4, 0.5) is 5.82 Å². The van der Waals surface area contributed by atoms with Gasteiger partial charge in [-0.15, -0.1) is 0 Å². The van der Waals surface area contributed by atoms with Gasteiger partial charge in [-0.05, 0) is 36.6 Å². The maximum Gasteiger partial charge on any atom is 0.236 e. The molecular formula is C18H17ClN4O. The Balaban J connectivity index is 1.70. The molecule has 2 aromatic heterocycles. The lowest BCUT2D eigenvalue weighted by atomic mass is 9.78. The van der Waals surface area contributed by atoms with Gasteiger partial charge in [-0.2, -0.15) is 5.10 Å². The Bertz CT molecular complexity index is 884. The number of hydrogen-bond donors (Lipinski definition) is 2. The molecule has 0 saturated heterocycles. The smallest absolute Gasteiger partial charge is 0.236 e. The molecule has 122 valence electrons. The molecule has 0 aliphatic heterocycles. The second kappa shape index (κ2) is 5.91. The third-order valence-electron chi connectivity index (χ3n) is 4.89. The number of fused-ring (bicyclic) bond motifs is 1. The molecule has 0 spiro atoms. The number of aromatic nitrogens is 3. The lowest BCUT2D eigenvalue weighted by molar-refractivity contribution is -0.121. The minimum Gasteiger partial charge on any atom is -0.308 e. The average molecular weight is 341 g/mol. The molecule has 0 bridgehead atoms. The Hall–Kier alpha value is -2.40. The van der Waals surface area contributed by atoms with Crippen molar-refractivity contribution in [2.24, 2.45) is 0 Å². The molecule has 0 radical (unpaired) electrons. The van der Waals surface area contributed by atoms with Crippen molar-refractivity contribution < 1.29 is 4.79 Å². The highest BCUT2D eigenvalue weighted by Gasteiger charge is 2.43. The molecule has 24 heavy (non-hydrogen) atoms. The number of halogens is 1. The third-order valence-corrected chi connectivity index (χ3v) is 5.20. The largest absolute Gasteiger partial charge is 0.308 e. The number of anilines is 1. The minimum absolute atomic E-state index is 0.0265. The normalized spacial score (nSPS) is 16.4. The maximum absolute atomic E-state index is 13.1. The van der Waals surface area contributed by atoms with Gasteiger partial charge in [0.1, 0.15) is 0 Å². The van der Waals surface area contributed by atoms with Crippen LogP contribution < -0.4 is 5.32 Å². The molecule has 1 saturated carbocycles. The molecule has 1 fully saturated rings. The number of carbonyl (C=O) groups is 1. The SMILES string of the molecule is O=C(Nc1n[nH]c2c(Cl)cccc12)C1(c2cccnc2)CCCC1. The number of nitrogens with one attached hydrogen (secondary N) is 2. The number of amides is 1. The van der Waals surface area contributed by atoms with E-state index in [1.165, 1.54) is 0 Å². The Kier molecular flexibility index (Phi) is 3.73. The van der Waals surface area contributed by atoms with E-state index in [4.69, 9.17) is 11.6 Å². The molecular weight excluding hydrogens is 324 g/mol. The van der Waals surface area contributed by atoms with Crippen LogP contribution in [0.3, 0.4) is 0 Å². The summed E-state index contributed by atoms with van der Waals surface area (Å²) < 4.78 is 0. The van der Waals surface area contributed by atoms with E-state index >= 15 is 0 Å². The molecule has 6 heteroatoms. The van der Waals surface area contributed by atoms with Crippen LogP contribution in [-0.2, 0) is 10.2 Å². The van der Waals surface area contributed by atoms with Gasteiger partial charge in [-0.25, -0.2) is 0 Å². The van der Waals surface area contributed by atoms with Gasteiger partial charge in [-0.3, -0.25) is 14.9 Å². The number of nitrogens with zero attached hydrogens (tertiary/aromatic N) is 2. The topological polar surface area (TPSA) is 70.7 Å². The van der Waals surface area contributed by atoms with Crippen molar-refractivity contribution in [2.45, 2.75) is 31.1 Å². The van der Waals surface area contributed by atoms with Crippen LogP contribution in [0.1, 0.15) is 31.2 Å². The molecule has 1 aliphatic carbocycles. The number of pyridine rings is 1. The quantitative estimate of drug-likeness (QED) is 0.755. The van der Waals surface area contributed by atoms with Crippen LogP contribution in [0.25, 0.3) is 10.9 Å². The van der Waals surface area contributed by atoms with Crippen molar-refractivity contribution in [2.75, 3.05) is 5.32 Å². The van der Waals surface area contributed by atoms with E-state index in [0.717, 1.165) is 42.1 Å². The van der Waals surface area contributed by atoms with Crippen LogP contribution >= 0.6 is 11.6 Å². The first kappa shape index (κ1) is 15.1. The molecule has 1 aliphatic rings. The lowest BCUT2D eigenvalue weighted by Gasteiger charge is -2.27. The zero-order chi connectivity index (χ0) is 16.6. The summed E-state index contributed by atoms with van der Waals surface area (Å²) in [5, 5.41) is 11.5. The van der Waals surface area contributed by atoms with Crippen LogP contribution in [-0.4, -0.2) is 21.1 Å². The summed E-state index contributed by atoms with van der Waals surface area (Å²) in [5.74, 6) is 0.494. The predicted molar refractivity (Wildman–Crippen MR) is 94.1 cm³/mol. The van der Waals surface area contributed by atoms with E-state index in [2.05, 4.69) is 20.5 Å². The average Bonchev–Trinajstić information content (AvgIpc) is 3.25. The van der Waals surface area contributed by atoms with Crippen molar-refractivity contribution in [1.29, 1.82) is 0 Å². The second-order valence-corrected chi connectivity index (χ2v) is 6.63. The van der Waals surface area contributed by atoms with E-state index in [-0.39, 0.29) is 5.91 Å². The monoisotopic (exact) mass is 340 g/mol. The number of H-pyrrole nitrogens is 1. The van der Waals surface area contributed by atoms with Gasteiger partial charge in [-0.1, -0.05) is 36.6 Å². The molecule has 5 nitrogen and oxygen atoms in total. The minimum atomic E-state index is -0.530. The molecule has 1 amide bonds. The lowest BCUT2D eigenvalue weighted by Crippen LogP contribution is -2.38. The number of benzene rings is 1. The molecule has 0 atom stereocenters. The number of rotatable bonds is 3.